The monoisotopic (exact) mass is 389 g/mol. The van der Waals surface area contributed by atoms with Crippen LogP contribution in [0.25, 0.3) is 10.9 Å². The number of fused-ring (bicyclic) bond motifs is 1. The van der Waals surface area contributed by atoms with E-state index in [1.165, 1.54) is 17.7 Å². The average molecular weight is 389 g/mol. The first-order chi connectivity index (χ1) is 13.6. The van der Waals surface area contributed by atoms with Crippen LogP contribution in [-0.2, 0) is 16.6 Å². The Hall–Kier alpha value is -3.38. The van der Waals surface area contributed by atoms with Gasteiger partial charge in [-0.05, 0) is 23.8 Å². The van der Waals surface area contributed by atoms with Gasteiger partial charge in [0.1, 0.15) is 0 Å². The third-order valence-electron chi connectivity index (χ3n) is 4.45. The molecule has 5 nitrogen and oxygen atoms in total. The predicted octanol–water partition coefficient (Wildman–Crippen LogP) is 4.00. The van der Waals surface area contributed by atoms with Crippen LogP contribution in [0.2, 0.25) is 0 Å². The SMILES string of the molecule is O=S(=O)(N/N=C\c1cn(Cc2ccccc2)c2ccccc12)c1ccccc1. The van der Waals surface area contributed by atoms with Gasteiger partial charge in [-0.1, -0.05) is 66.7 Å². The van der Waals surface area contributed by atoms with Crippen molar-refractivity contribution in [1.82, 2.24) is 9.40 Å². The van der Waals surface area contributed by atoms with Crippen molar-refractivity contribution >= 4 is 27.1 Å². The van der Waals surface area contributed by atoms with Crippen LogP contribution in [0.15, 0.2) is 101 Å². The van der Waals surface area contributed by atoms with Gasteiger partial charge in [0.2, 0.25) is 0 Å². The van der Waals surface area contributed by atoms with E-state index < -0.39 is 10.0 Å². The topological polar surface area (TPSA) is 63.5 Å². The second kappa shape index (κ2) is 7.70. The lowest BCUT2D eigenvalue weighted by molar-refractivity contribution is 0.584. The quantitative estimate of drug-likeness (QED) is 0.400. The summed E-state index contributed by atoms with van der Waals surface area (Å²) in [6.45, 7) is 0.727. The van der Waals surface area contributed by atoms with E-state index >= 15 is 0 Å². The number of benzene rings is 3. The molecule has 0 atom stereocenters. The van der Waals surface area contributed by atoms with Crippen LogP contribution in [0.5, 0.6) is 0 Å². The molecule has 4 rings (SSSR count). The second-order valence-electron chi connectivity index (χ2n) is 6.38. The number of nitrogens with zero attached hydrogens (tertiary/aromatic N) is 2. The molecule has 4 aromatic rings. The van der Waals surface area contributed by atoms with E-state index in [0.717, 1.165) is 23.0 Å². The minimum atomic E-state index is -3.68. The van der Waals surface area contributed by atoms with Crippen LogP contribution in [-0.4, -0.2) is 19.2 Å². The highest BCUT2D eigenvalue weighted by atomic mass is 32.2. The predicted molar refractivity (Wildman–Crippen MR) is 112 cm³/mol. The van der Waals surface area contributed by atoms with Crippen LogP contribution in [0.4, 0.5) is 0 Å². The lowest BCUT2D eigenvalue weighted by Crippen LogP contribution is -2.18. The summed E-state index contributed by atoms with van der Waals surface area (Å²) in [5.41, 5.74) is 3.11. The fraction of sp³-hybridized carbons (Fsp3) is 0.0455. The Morgan fingerprint density at radius 1 is 0.857 bits per heavy atom. The molecule has 3 aromatic carbocycles. The third kappa shape index (κ3) is 3.82. The molecule has 1 aromatic heterocycles. The number of para-hydroxylation sites is 1. The molecular weight excluding hydrogens is 370 g/mol. The Morgan fingerprint density at radius 3 is 2.25 bits per heavy atom. The van der Waals surface area contributed by atoms with E-state index in [0.29, 0.717) is 0 Å². The van der Waals surface area contributed by atoms with Crippen molar-refractivity contribution in [1.29, 1.82) is 0 Å². The number of rotatable bonds is 6. The summed E-state index contributed by atoms with van der Waals surface area (Å²) in [5, 5.41) is 5.00. The molecule has 140 valence electrons. The highest BCUT2D eigenvalue weighted by Crippen LogP contribution is 2.21. The summed E-state index contributed by atoms with van der Waals surface area (Å²) in [5.74, 6) is 0. The first kappa shape index (κ1) is 18.0. The van der Waals surface area contributed by atoms with E-state index in [-0.39, 0.29) is 4.90 Å². The first-order valence-electron chi connectivity index (χ1n) is 8.85. The molecule has 0 amide bonds. The van der Waals surface area contributed by atoms with Gasteiger partial charge in [-0.25, -0.2) is 4.83 Å². The summed E-state index contributed by atoms with van der Waals surface area (Å²) in [7, 11) is -3.68. The van der Waals surface area contributed by atoms with Gasteiger partial charge in [-0.15, -0.1) is 0 Å². The Balaban J connectivity index is 1.61. The molecule has 0 fully saturated rings. The van der Waals surface area contributed by atoms with Gasteiger partial charge < -0.3 is 4.57 Å². The summed E-state index contributed by atoms with van der Waals surface area (Å²) in [4.78, 5) is 2.46. The Labute approximate surface area is 164 Å². The van der Waals surface area contributed by atoms with Gasteiger partial charge in [-0.2, -0.15) is 13.5 Å². The zero-order valence-electron chi connectivity index (χ0n) is 15.1. The minimum absolute atomic E-state index is 0.179. The van der Waals surface area contributed by atoms with Crippen molar-refractivity contribution in [3.05, 3.63) is 102 Å². The Bertz CT molecular complexity index is 1210. The van der Waals surface area contributed by atoms with Gasteiger partial charge in [0.15, 0.2) is 0 Å². The van der Waals surface area contributed by atoms with Crippen LogP contribution in [0, 0.1) is 0 Å². The fourth-order valence-corrected chi connectivity index (χ4v) is 3.92. The lowest BCUT2D eigenvalue weighted by atomic mass is 10.2. The van der Waals surface area contributed by atoms with Crippen LogP contribution >= 0.6 is 0 Å². The van der Waals surface area contributed by atoms with Gasteiger partial charge >= 0.3 is 0 Å². The summed E-state index contributed by atoms with van der Waals surface area (Å²) in [6.07, 6.45) is 3.53. The fourth-order valence-electron chi connectivity index (χ4n) is 3.11. The van der Waals surface area contributed by atoms with E-state index in [4.69, 9.17) is 0 Å². The van der Waals surface area contributed by atoms with Crippen molar-refractivity contribution in [2.45, 2.75) is 11.4 Å². The molecule has 1 heterocycles. The van der Waals surface area contributed by atoms with Crippen molar-refractivity contribution in [2.24, 2.45) is 5.10 Å². The summed E-state index contributed by atoms with van der Waals surface area (Å²) in [6, 6.07) is 26.4. The second-order valence-corrected chi connectivity index (χ2v) is 8.04. The van der Waals surface area contributed by atoms with Gasteiger partial charge in [0.25, 0.3) is 10.0 Å². The maximum absolute atomic E-state index is 12.3. The lowest BCUT2D eigenvalue weighted by Gasteiger charge is -2.05. The van der Waals surface area contributed by atoms with Crippen LogP contribution in [0.1, 0.15) is 11.1 Å². The molecule has 0 spiro atoms. The van der Waals surface area contributed by atoms with Crippen LogP contribution < -0.4 is 4.83 Å². The average Bonchev–Trinajstić information content (AvgIpc) is 3.07. The molecule has 0 aliphatic heterocycles. The van der Waals surface area contributed by atoms with Crippen molar-refractivity contribution in [3.63, 3.8) is 0 Å². The highest BCUT2D eigenvalue weighted by molar-refractivity contribution is 7.89. The molecule has 0 aliphatic carbocycles. The van der Waals surface area contributed by atoms with Gasteiger partial charge in [-0.3, -0.25) is 0 Å². The first-order valence-corrected chi connectivity index (χ1v) is 10.3. The van der Waals surface area contributed by atoms with Crippen molar-refractivity contribution < 1.29 is 8.42 Å². The highest BCUT2D eigenvalue weighted by Gasteiger charge is 2.12. The maximum Gasteiger partial charge on any atom is 0.276 e. The number of nitrogens with one attached hydrogen (secondary N) is 1. The molecule has 6 heteroatoms. The largest absolute Gasteiger partial charge is 0.342 e. The van der Waals surface area contributed by atoms with E-state index in [2.05, 4.69) is 26.6 Å². The molecule has 0 radical (unpaired) electrons. The third-order valence-corrected chi connectivity index (χ3v) is 5.68. The van der Waals surface area contributed by atoms with Gasteiger partial charge in [0.05, 0.1) is 11.1 Å². The zero-order chi connectivity index (χ0) is 19.4. The molecule has 1 N–H and O–H groups in total. The summed E-state index contributed by atoms with van der Waals surface area (Å²) < 4.78 is 26.7. The molecule has 0 bridgehead atoms. The van der Waals surface area contributed by atoms with E-state index in [1.54, 1.807) is 24.4 Å². The smallest absolute Gasteiger partial charge is 0.276 e. The number of hydrogen-bond donors (Lipinski definition) is 1. The molecule has 0 unspecified atom stereocenters. The molecule has 0 saturated carbocycles. The van der Waals surface area contributed by atoms with E-state index in [9.17, 15) is 8.42 Å². The maximum atomic E-state index is 12.3. The van der Waals surface area contributed by atoms with Crippen molar-refractivity contribution in [3.8, 4) is 0 Å². The molecular formula is C22H19N3O2S. The van der Waals surface area contributed by atoms with Gasteiger partial charge in [0, 0.05) is 29.2 Å². The standard InChI is InChI=1S/C22H19N3O2S/c26-28(27,20-11-5-2-6-12-20)24-23-15-19-17-25(16-18-9-3-1-4-10-18)22-14-8-7-13-21(19)22/h1-15,17,24H,16H2/b23-15-. The zero-order valence-corrected chi connectivity index (χ0v) is 15.9. The minimum Gasteiger partial charge on any atom is -0.342 e. The van der Waals surface area contributed by atoms with E-state index in [1.807, 2.05) is 48.7 Å². The number of hydrogen-bond acceptors (Lipinski definition) is 3. The Morgan fingerprint density at radius 2 is 1.50 bits per heavy atom. The number of aromatic nitrogens is 1. The Kier molecular flexibility index (Phi) is 4.95. The molecule has 0 aliphatic rings. The number of hydrazone groups is 1. The summed E-state index contributed by atoms with van der Waals surface area (Å²) >= 11 is 0. The number of sulfonamides is 1. The molecule has 0 saturated heterocycles. The van der Waals surface area contributed by atoms with Crippen molar-refractivity contribution in [2.75, 3.05) is 0 Å². The molecule has 28 heavy (non-hydrogen) atoms. The van der Waals surface area contributed by atoms with Crippen LogP contribution in [0.3, 0.4) is 0 Å². The normalized spacial score (nSPS) is 11.9.